The molecule has 0 radical (unpaired) electrons. The van der Waals surface area contributed by atoms with E-state index in [0.29, 0.717) is 11.3 Å². The van der Waals surface area contributed by atoms with Gasteiger partial charge in [0, 0.05) is 42.5 Å². The highest BCUT2D eigenvalue weighted by Gasteiger charge is 2.29. The zero-order valence-corrected chi connectivity index (χ0v) is 12.1. The summed E-state index contributed by atoms with van der Waals surface area (Å²) < 4.78 is 0. The predicted molar refractivity (Wildman–Crippen MR) is 78.7 cm³/mol. The summed E-state index contributed by atoms with van der Waals surface area (Å²) in [6, 6.07) is 4.66. The number of thioether (sulfide) groups is 1. The second kappa shape index (κ2) is 6.55. The van der Waals surface area contributed by atoms with Gasteiger partial charge in [0.1, 0.15) is 0 Å². The minimum absolute atomic E-state index is 0.185. The minimum atomic E-state index is 0.185. The molecule has 0 aliphatic carbocycles. The van der Waals surface area contributed by atoms with Crippen molar-refractivity contribution in [2.75, 3.05) is 18.8 Å². The Morgan fingerprint density at radius 2 is 2.44 bits per heavy atom. The zero-order valence-electron chi connectivity index (χ0n) is 11.2. The van der Waals surface area contributed by atoms with E-state index in [-0.39, 0.29) is 6.04 Å². The van der Waals surface area contributed by atoms with E-state index in [2.05, 4.69) is 41.6 Å². The van der Waals surface area contributed by atoms with E-state index in [1.54, 1.807) is 0 Å². The fourth-order valence-electron chi connectivity index (χ4n) is 2.60. The van der Waals surface area contributed by atoms with Gasteiger partial charge in [0.2, 0.25) is 0 Å². The van der Waals surface area contributed by atoms with Crippen molar-refractivity contribution in [1.29, 1.82) is 0 Å². The van der Waals surface area contributed by atoms with Gasteiger partial charge in [-0.3, -0.25) is 9.88 Å². The van der Waals surface area contributed by atoms with Crippen LogP contribution in [0.1, 0.15) is 31.9 Å². The van der Waals surface area contributed by atoms with Gasteiger partial charge in [0.05, 0.1) is 6.04 Å². The SMILES string of the molecule is CCC(N)C(c1cccnc1)N1CCSC(C)C1. The van der Waals surface area contributed by atoms with Gasteiger partial charge in [-0.25, -0.2) is 0 Å². The highest BCUT2D eigenvalue weighted by molar-refractivity contribution is 7.99. The molecule has 3 atom stereocenters. The molecule has 0 bridgehead atoms. The molecule has 2 N–H and O–H groups in total. The number of rotatable bonds is 4. The van der Waals surface area contributed by atoms with Crippen LogP contribution < -0.4 is 5.73 Å². The van der Waals surface area contributed by atoms with Gasteiger partial charge >= 0.3 is 0 Å². The Balaban J connectivity index is 2.20. The van der Waals surface area contributed by atoms with Crippen molar-refractivity contribution in [2.45, 2.75) is 37.6 Å². The quantitative estimate of drug-likeness (QED) is 0.907. The fourth-order valence-corrected chi connectivity index (χ4v) is 3.64. The molecule has 0 aromatic carbocycles. The van der Waals surface area contributed by atoms with Gasteiger partial charge in [0.15, 0.2) is 0 Å². The molecule has 0 amide bonds. The summed E-state index contributed by atoms with van der Waals surface area (Å²) in [5.41, 5.74) is 7.60. The van der Waals surface area contributed by atoms with E-state index >= 15 is 0 Å². The van der Waals surface area contributed by atoms with Crippen LogP contribution in [-0.4, -0.2) is 40.0 Å². The molecule has 1 saturated heterocycles. The van der Waals surface area contributed by atoms with Crippen molar-refractivity contribution in [3.63, 3.8) is 0 Å². The van der Waals surface area contributed by atoms with Gasteiger partial charge in [-0.2, -0.15) is 11.8 Å². The Hall–Kier alpha value is -0.580. The molecule has 2 heterocycles. The molecule has 2 rings (SSSR count). The topological polar surface area (TPSA) is 42.1 Å². The number of nitrogens with two attached hydrogens (primary N) is 1. The van der Waals surface area contributed by atoms with E-state index in [0.717, 1.165) is 19.5 Å². The van der Waals surface area contributed by atoms with Crippen LogP contribution in [0.4, 0.5) is 0 Å². The molecular weight excluding hydrogens is 242 g/mol. The van der Waals surface area contributed by atoms with Gasteiger partial charge in [-0.1, -0.05) is 19.9 Å². The molecule has 1 aliphatic rings. The van der Waals surface area contributed by atoms with Gasteiger partial charge in [-0.05, 0) is 18.1 Å². The summed E-state index contributed by atoms with van der Waals surface area (Å²) in [5, 5.41) is 0.696. The number of nitrogens with zero attached hydrogens (tertiary/aromatic N) is 2. The number of hydrogen-bond donors (Lipinski definition) is 1. The van der Waals surface area contributed by atoms with Crippen LogP contribution in [0.15, 0.2) is 24.5 Å². The third-order valence-corrected chi connectivity index (χ3v) is 4.71. The molecule has 100 valence electrons. The Morgan fingerprint density at radius 1 is 1.61 bits per heavy atom. The van der Waals surface area contributed by atoms with Crippen LogP contribution in [0.5, 0.6) is 0 Å². The van der Waals surface area contributed by atoms with Crippen molar-refractivity contribution in [3.8, 4) is 0 Å². The minimum Gasteiger partial charge on any atom is -0.326 e. The van der Waals surface area contributed by atoms with E-state index < -0.39 is 0 Å². The number of hydrogen-bond acceptors (Lipinski definition) is 4. The first-order chi connectivity index (χ1) is 8.72. The largest absolute Gasteiger partial charge is 0.326 e. The standard InChI is InChI=1S/C14H23N3S/c1-3-13(15)14(12-5-4-6-16-9-12)17-7-8-18-11(2)10-17/h4-6,9,11,13-14H,3,7-8,10,15H2,1-2H3. The monoisotopic (exact) mass is 265 g/mol. The molecule has 0 saturated carbocycles. The van der Waals surface area contributed by atoms with Crippen molar-refractivity contribution in [3.05, 3.63) is 30.1 Å². The van der Waals surface area contributed by atoms with Crippen LogP contribution in [0.2, 0.25) is 0 Å². The summed E-state index contributed by atoms with van der Waals surface area (Å²) >= 11 is 2.06. The maximum Gasteiger partial charge on any atom is 0.0515 e. The number of aromatic nitrogens is 1. The lowest BCUT2D eigenvalue weighted by atomic mass is 9.97. The van der Waals surface area contributed by atoms with Crippen molar-refractivity contribution < 1.29 is 0 Å². The average molecular weight is 265 g/mol. The lowest BCUT2D eigenvalue weighted by molar-refractivity contribution is 0.176. The maximum atomic E-state index is 6.35. The third kappa shape index (κ3) is 3.25. The van der Waals surface area contributed by atoms with E-state index in [4.69, 9.17) is 5.73 Å². The average Bonchev–Trinajstić information content (AvgIpc) is 2.40. The molecule has 0 spiro atoms. The Morgan fingerprint density at radius 3 is 3.06 bits per heavy atom. The first kappa shape index (κ1) is 13.8. The van der Waals surface area contributed by atoms with Crippen LogP contribution in [0.25, 0.3) is 0 Å². The maximum absolute atomic E-state index is 6.35. The number of pyridine rings is 1. The van der Waals surface area contributed by atoms with Crippen LogP contribution in [-0.2, 0) is 0 Å². The van der Waals surface area contributed by atoms with E-state index in [1.807, 2.05) is 18.5 Å². The van der Waals surface area contributed by atoms with Crippen molar-refractivity contribution in [2.24, 2.45) is 5.73 Å². The zero-order chi connectivity index (χ0) is 13.0. The smallest absolute Gasteiger partial charge is 0.0515 e. The first-order valence-corrected chi connectivity index (χ1v) is 7.78. The molecule has 4 heteroatoms. The van der Waals surface area contributed by atoms with E-state index in [9.17, 15) is 0 Å². The Labute approximate surface area is 114 Å². The fraction of sp³-hybridized carbons (Fsp3) is 0.643. The first-order valence-electron chi connectivity index (χ1n) is 6.73. The van der Waals surface area contributed by atoms with Crippen LogP contribution in [0.3, 0.4) is 0 Å². The van der Waals surface area contributed by atoms with Gasteiger partial charge in [-0.15, -0.1) is 0 Å². The van der Waals surface area contributed by atoms with Gasteiger partial charge < -0.3 is 5.73 Å². The van der Waals surface area contributed by atoms with Crippen LogP contribution in [0, 0.1) is 0 Å². The summed E-state index contributed by atoms with van der Waals surface area (Å²) in [6.45, 7) is 6.71. The third-order valence-electron chi connectivity index (χ3n) is 3.57. The normalized spacial score (nSPS) is 24.7. The molecular formula is C14H23N3S. The molecule has 3 unspecified atom stereocenters. The highest BCUT2D eigenvalue weighted by Crippen LogP contribution is 2.29. The summed E-state index contributed by atoms with van der Waals surface area (Å²) in [4.78, 5) is 6.78. The Kier molecular flexibility index (Phi) is 5.03. The molecule has 3 nitrogen and oxygen atoms in total. The second-order valence-corrected chi connectivity index (χ2v) is 6.53. The Bertz CT molecular complexity index is 357. The molecule has 18 heavy (non-hydrogen) atoms. The highest BCUT2D eigenvalue weighted by atomic mass is 32.2. The van der Waals surface area contributed by atoms with Crippen LogP contribution >= 0.6 is 11.8 Å². The second-order valence-electron chi connectivity index (χ2n) is 4.98. The van der Waals surface area contributed by atoms with E-state index in [1.165, 1.54) is 11.3 Å². The predicted octanol–water partition coefficient (Wildman–Crippen LogP) is 2.30. The van der Waals surface area contributed by atoms with Crippen molar-refractivity contribution >= 4 is 11.8 Å². The lowest BCUT2D eigenvalue weighted by Gasteiger charge is -2.39. The lowest BCUT2D eigenvalue weighted by Crippen LogP contribution is -2.46. The van der Waals surface area contributed by atoms with Gasteiger partial charge in [0.25, 0.3) is 0 Å². The molecule has 1 aromatic heterocycles. The summed E-state index contributed by atoms with van der Waals surface area (Å²) in [6.07, 6.45) is 4.79. The molecule has 1 fully saturated rings. The molecule has 1 aliphatic heterocycles. The van der Waals surface area contributed by atoms with Crippen molar-refractivity contribution in [1.82, 2.24) is 9.88 Å². The summed E-state index contributed by atoms with van der Waals surface area (Å²) in [5.74, 6) is 1.20. The summed E-state index contributed by atoms with van der Waals surface area (Å²) in [7, 11) is 0. The molecule has 1 aromatic rings.